The van der Waals surface area contributed by atoms with Crippen molar-refractivity contribution in [1.82, 2.24) is 20.9 Å². The van der Waals surface area contributed by atoms with E-state index in [0.717, 1.165) is 12.8 Å². The molecule has 11 heteroatoms. The summed E-state index contributed by atoms with van der Waals surface area (Å²) in [5.74, 6) is -0.0150. The molecule has 0 aliphatic carbocycles. The number of amides is 3. The third kappa shape index (κ3) is 10.6. The lowest BCUT2D eigenvalue weighted by molar-refractivity contribution is -0.132. The molecule has 3 atom stereocenters. The molecule has 3 N–H and O–H groups in total. The Morgan fingerprint density at radius 1 is 1.17 bits per heavy atom. The number of aliphatic imine (C=N–C) groups is 1. The number of pyridine rings is 1. The Morgan fingerprint density at radius 3 is 2.71 bits per heavy atom. The number of carbonyl (C=O) groups excluding carboxylic acids is 4. The fourth-order valence-corrected chi connectivity index (χ4v) is 6.53. The Labute approximate surface area is 258 Å². The highest BCUT2D eigenvalue weighted by Crippen LogP contribution is 2.31. The molecule has 2 aliphatic rings. The number of thioether (sulfide) groups is 2. The van der Waals surface area contributed by atoms with Gasteiger partial charge in [0.05, 0.1) is 30.4 Å². The molecule has 1 aromatic rings. The number of hydrogen-bond acceptors (Lipinski definition) is 8. The Morgan fingerprint density at radius 2 is 1.95 bits per heavy atom. The maximum absolute atomic E-state index is 13.4. The van der Waals surface area contributed by atoms with E-state index in [-0.39, 0.29) is 41.7 Å². The Hall–Kier alpha value is -2.66. The third-order valence-corrected chi connectivity index (χ3v) is 9.44. The van der Waals surface area contributed by atoms with E-state index in [2.05, 4.69) is 27.9 Å². The highest BCUT2D eigenvalue weighted by Gasteiger charge is 2.41. The van der Waals surface area contributed by atoms with Gasteiger partial charge in [0.25, 0.3) is 0 Å². The number of fused-ring (bicyclic) bond motifs is 4. The van der Waals surface area contributed by atoms with Gasteiger partial charge in [0.1, 0.15) is 16.6 Å². The number of hydrogen-bond donors (Lipinski definition) is 3. The molecular weight excluding hydrogens is 571 g/mol. The first-order chi connectivity index (χ1) is 20.1. The minimum Gasteiger partial charge on any atom is -0.350 e. The largest absolute Gasteiger partial charge is 0.350 e. The normalized spacial score (nSPS) is 23.5. The molecule has 3 rings (SSSR count). The second-order valence-electron chi connectivity index (χ2n) is 11.4. The number of nitrogens with one attached hydrogen (secondary N) is 3. The standard InChI is InChI=1S/C31H45N5O4S2/c1-5-6-7-8-9-16-26(38)41-17-11-10-13-22-18-25(37)32-19-23-14-12-15-24(33-23)29-36-31(4,20-42-29)30(40)35-27(21(2)3)28(39)34-22/h10,12-15,21-22,27H,5-9,11,16-20H2,1-4H3,(H,32,37)(H,34,39)(H,35,40)/b13-10+/t22?,27?,31-/m0/s1. The summed E-state index contributed by atoms with van der Waals surface area (Å²) in [7, 11) is 0. The second kappa shape index (κ2) is 16.8. The summed E-state index contributed by atoms with van der Waals surface area (Å²) in [6.07, 6.45) is 10.6. The first-order valence-electron chi connectivity index (χ1n) is 15.0. The summed E-state index contributed by atoms with van der Waals surface area (Å²) in [5.41, 5.74) is 0.305. The second-order valence-corrected chi connectivity index (χ2v) is 13.5. The van der Waals surface area contributed by atoms with Gasteiger partial charge in [0.2, 0.25) is 17.7 Å². The predicted molar refractivity (Wildman–Crippen MR) is 171 cm³/mol. The SMILES string of the molecule is CCCCCCCC(=O)SCC/C=C/C1CC(=O)NCc2cccc(n2)C2=N[C@@](C)(CS2)C(=O)NC(C(C)C)C(=O)N1. The van der Waals surface area contributed by atoms with E-state index in [1.165, 1.54) is 42.8 Å². The van der Waals surface area contributed by atoms with Crippen molar-refractivity contribution in [2.24, 2.45) is 10.9 Å². The molecule has 1 aromatic heterocycles. The van der Waals surface area contributed by atoms with Gasteiger partial charge in [-0.2, -0.15) is 0 Å². The zero-order valence-electron chi connectivity index (χ0n) is 25.2. The van der Waals surface area contributed by atoms with Crippen LogP contribution in [0.15, 0.2) is 35.3 Å². The molecule has 9 nitrogen and oxygen atoms in total. The minimum absolute atomic E-state index is 0.0325. The molecule has 0 aromatic carbocycles. The Balaban J connectivity index is 1.69. The van der Waals surface area contributed by atoms with Gasteiger partial charge in [0.15, 0.2) is 5.12 Å². The van der Waals surface area contributed by atoms with Crippen LogP contribution in [0.4, 0.5) is 0 Å². The fraction of sp³-hybridized carbons (Fsp3) is 0.613. The minimum atomic E-state index is -1.03. The molecule has 0 fully saturated rings. The number of unbranched alkanes of at least 4 members (excludes halogenated alkanes) is 4. The average molecular weight is 616 g/mol. The van der Waals surface area contributed by atoms with E-state index in [9.17, 15) is 19.2 Å². The van der Waals surface area contributed by atoms with Crippen LogP contribution in [0.25, 0.3) is 0 Å². The monoisotopic (exact) mass is 615 g/mol. The smallest absolute Gasteiger partial charge is 0.249 e. The zero-order chi connectivity index (χ0) is 30.5. The van der Waals surface area contributed by atoms with Crippen LogP contribution in [0.3, 0.4) is 0 Å². The highest BCUT2D eigenvalue weighted by atomic mass is 32.2. The van der Waals surface area contributed by atoms with Gasteiger partial charge in [-0.25, -0.2) is 4.98 Å². The molecule has 0 saturated carbocycles. The fourth-order valence-electron chi connectivity index (χ4n) is 4.62. The Bertz CT molecular complexity index is 1170. The predicted octanol–water partition coefficient (Wildman–Crippen LogP) is 4.55. The van der Waals surface area contributed by atoms with E-state index in [1.54, 1.807) is 13.0 Å². The van der Waals surface area contributed by atoms with E-state index < -0.39 is 17.6 Å². The summed E-state index contributed by atoms with van der Waals surface area (Å²) >= 11 is 2.79. The van der Waals surface area contributed by atoms with E-state index in [4.69, 9.17) is 4.99 Å². The molecule has 0 radical (unpaired) electrons. The van der Waals surface area contributed by atoms with E-state index in [1.807, 2.05) is 38.1 Å². The van der Waals surface area contributed by atoms with Crippen molar-refractivity contribution in [1.29, 1.82) is 0 Å². The summed E-state index contributed by atoms with van der Waals surface area (Å²) in [6.45, 7) is 7.92. The summed E-state index contributed by atoms with van der Waals surface area (Å²) in [4.78, 5) is 61.2. The van der Waals surface area contributed by atoms with Crippen molar-refractivity contribution in [3.05, 3.63) is 41.7 Å². The number of rotatable bonds is 11. The van der Waals surface area contributed by atoms with Crippen LogP contribution in [-0.4, -0.2) is 62.0 Å². The van der Waals surface area contributed by atoms with E-state index >= 15 is 0 Å². The van der Waals surface area contributed by atoms with Crippen LogP contribution in [0.5, 0.6) is 0 Å². The average Bonchev–Trinajstić information content (AvgIpc) is 3.37. The summed E-state index contributed by atoms with van der Waals surface area (Å²) in [5, 5.41) is 9.64. The molecule has 3 heterocycles. The molecular formula is C31H45N5O4S2. The maximum atomic E-state index is 13.4. The molecule has 4 bridgehead atoms. The molecule has 230 valence electrons. The lowest BCUT2D eigenvalue weighted by atomic mass is 9.99. The first-order valence-corrected chi connectivity index (χ1v) is 17.0. The van der Waals surface area contributed by atoms with Crippen molar-refractivity contribution in [3.63, 3.8) is 0 Å². The molecule has 42 heavy (non-hydrogen) atoms. The van der Waals surface area contributed by atoms with Crippen LogP contribution in [-0.2, 0) is 25.7 Å². The van der Waals surface area contributed by atoms with Crippen molar-refractivity contribution in [3.8, 4) is 0 Å². The zero-order valence-corrected chi connectivity index (χ0v) is 26.9. The van der Waals surface area contributed by atoms with Crippen LogP contribution >= 0.6 is 23.5 Å². The summed E-state index contributed by atoms with van der Waals surface area (Å²) in [6, 6.07) is 4.16. The number of aromatic nitrogens is 1. The van der Waals surface area contributed by atoms with Crippen molar-refractivity contribution < 1.29 is 19.2 Å². The molecule has 3 amide bonds. The van der Waals surface area contributed by atoms with Gasteiger partial charge in [0, 0.05) is 17.9 Å². The van der Waals surface area contributed by atoms with Crippen molar-refractivity contribution in [2.45, 2.75) is 103 Å². The van der Waals surface area contributed by atoms with Crippen LogP contribution in [0.1, 0.15) is 90.4 Å². The van der Waals surface area contributed by atoms with Gasteiger partial charge in [-0.1, -0.05) is 76.4 Å². The van der Waals surface area contributed by atoms with Crippen LogP contribution in [0.2, 0.25) is 0 Å². The van der Waals surface area contributed by atoms with Gasteiger partial charge >= 0.3 is 0 Å². The number of allylic oxidation sites excluding steroid dienone is 1. The summed E-state index contributed by atoms with van der Waals surface area (Å²) < 4.78 is 0. The van der Waals surface area contributed by atoms with Crippen LogP contribution < -0.4 is 16.0 Å². The molecule has 2 aliphatic heterocycles. The number of nitrogens with zero attached hydrogens (tertiary/aromatic N) is 2. The molecule has 2 unspecified atom stereocenters. The van der Waals surface area contributed by atoms with E-state index in [0.29, 0.717) is 40.8 Å². The first kappa shape index (κ1) is 33.8. The van der Waals surface area contributed by atoms with Gasteiger partial charge in [-0.15, -0.1) is 11.8 Å². The van der Waals surface area contributed by atoms with Gasteiger partial charge < -0.3 is 16.0 Å². The Kier molecular flexibility index (Phi) is 13.6. The molecule has 0 saturated heterocycles. The van der Waals surface area contributed by atoms with Gasteiger partial charge in [-0.05, 0) is 37.8 Å². The number of carbonyl (C=O) groups is 4. The molecule has 0 spiro atoms. The van der Waals surface area contributed by atoms with Gasteiger partial charge in [-0.3, -0.25) is 24.2 Å². The lowest BCUT2D eigenvalue weighted by Gasteiger charge is -2.27. The topological polar surface area (TPSA) is 130 Å². The van der Waals surface area contributed by atoms with Crippen LogP contribution in [0, 0.1) is 5.92 Å². The quantitative estimate of drug-likeness (QED) is 0.246. The lowest BCUT2D eigenvalue weighted by Crippen LogP contribution is -2.56. The highest BCUT2D eigenvalue weighted by molar-refractivity contribution is 8.14. The third-order valence-electron chi connectivity index (χ3n) is 7.19. The van der Waals surface area contributed by atoms with Crippen molar-refractivity contribution in [2.75, 3.05) is 11.5 Å². The maximum Gasteiger partial charge on any atom is 0.249 e. The van der Waals surface area contributed by atoms with Crippen molar-refractivity contribution >= 4 is 51.4 Å².